The minimum absolute atomic E-state index is 0.488. The number of fused-ring (bicyclic) bond motifs is 2. The molecule has 0 N–H and O–H groups in total. The van der Waals surface area contributed by atoms with Gasteiger partial charge in [-0.15, -0.1) is 11.1 Å². The average Bonchev–Trinajstić information content (AvgIpc) is 3.46. The topological polar surface area (TPSA) is 77.8 Å². The molecule has 1 aromatic carbocycles. The molecule has 178 valence electrons. The van der Waals surface area contributed by atoms with Gasteiger partial charge in [-0.3, -0.25) is 9.97 Å². The van der Waals surface area contributed by atoms with E-state index in [4.69, 9.17) is 18.8 Å². The summed E-state index contributed by atoms with van der Waals surface area (Å²) in [6.07, 6.45) is 6.87. The summed E-state index contributed by atoms with van der Waals surface area (Å²) in [6.45, 7) is 13.2. The first-order chi connectivity index (χ1) is 17.1. The van der Waals surface area contributed by atoms with E-state index in [-0.39, 0.29) is 0 Å². The molecule has 0 aliphatic carbocycles. The van der Waals surface area contributed by atoms with Gasteiger partial charge < -0.3 is 8.83 Å². The predicted octanol–water partition coefficient (Wildman–Crippen LogP) is 6.55. The zero-order valence-corrected chi connectivity index (χ0v) is 23.2. The van der Waals surface area contributed by atoms with Crippen LogP contribution in [0.1, 0.15) is 11.1 Å². The SMILES string of the molecule is C[Si](C)(C)C#Cc1c2nc(-c3ccncc3)oc2c(C#C[Si](C)(C)C)c2nc(-c3ccncc3)oc12. The second-order valence-electron chi connectivity index (χ2n) is 10.6. The molecule has 0 bridgehead atoms. The Morgan fingerprint density at radius 2 is 0.944 bits per heavy atom. The first-order valence-corrected chi connectivity index (χ1v) is 18.7. The highest BCUT2D eigenvalue weighted by molar-refractivity contribution is 6.84. The van der Waals surface area contributed by atoms with E-state index in [0.29, 0.717) is 45.1 Å². The molecule has 0 radical (unpaired) electrons. The largest absolute Gasteiger partial charge is 0.435 e. The summed E-state index contributed by atoms with van der Waals surface area (Å²) < 4.78 is 12.7. The van der Waals surface area contributed by atoms with Crippen molar-refractivity contribution in [2.75, 3.05) is 0 Å². The molecule has 0 saturated carbocycles. The number of pyridine rings is 2. The zero-order valence-electron chi connectivity index (χ0n) is 21.2. The molecule has 8 heteroatoms. The Morgan fingerprint density at radius 1 is 0.583 bits per heavy atom. The van der Waals surface area contributed by atoms with Crippen molar-refractivity contribution in [1.29, 1.82) is 0 Å². The van der Waals surface area contributed by atoms with Crippen molar-refractivity contribution in [3.05, 3.63) is 60.2 Å². The Hall–Kier alpha value is -3.99. The zero-order chi connectivity index (χ0) is 25.5. The standard InChI is InChI=1S/C28H26N4O2Si2/c1-35(2,3)17-11-21-23-26(34-27(31-23)19-7-13-29-14-8-19)22(12-18-36(4,5)6)24-25(21)33-28(32-24)20-9-15-30-16-10-20/h7-10,13-16H,1-6H3. The van der Waals surface area contributed by atoms with Gasteiger partial charge in [0, 0.05) is 35.9 Å². The van der Waals surface area contributed by atoms with Crippen molar-refractivity contribution >= 4 is 38.3 Å². The van der Waals surface area contributed by atoms with E-state index >= 15 is 0 Å². The van der Waals surface area contributed by atoms with Crippen LogP contribution in [0.3, 0.4) is 0 Å². The first kappa shape index (κ1) is 23.7. The number of oxazole rings is 2. The van der Waals surface area contributed by atoms with Crippen molar-refractivity contribution in [2.24, 2.45) is 0 Å². The van der Waals surface area contributed by atoms with Gasteiger partial charge in [0.15, 0.2) is 11.2 Å². The third-order valence-corrected chi connectivity index (χ3v) is 6.91. The van der Waals surface area contributed by atoms with Crippen molar-refractivity contribution in [1.82, 2.24) is 19.9 Å². The summed E-state index contributed by atoms with van der Waals surface area (Å²) in [5, 5.41) is 0. The second kappa shape index (κ2) is 8.90. The Bertz CT molecular complexity index is 1520. The van der Waals surface area contributed by atoms with E-state index in [1.165, 1.54) is 0 Å². The molecule has 0 aliphatic heterocycles. The maximum atomic E-state index is 6.37. The van der Waals surface area contributed by atoms with Crippen LogP contribution in [0.2, 0.25) is 39.3 Å². The van der Waals surface area contributed by atoms with Gasteiger partial charge in [0.1, 0.15) is 27.2 Å². The van der Waals surface area contributed by atoms with Gasteiger partial charge in [0.25, 0.3) is 0 Å². The van der Waals surface area contributed by atoms with Crippen LogP contribution in [0.4, 0.5) is 0 Å². The van der Waals surface area contributed by atoms with Crippen molar-refractivity contribution in [3.63, 3.8) is 0 Å². The van der Waals surface area contributed by atoms with Crippen LogP contribution < -0.4 is 0 Å². The van der Waals surface area contributed by atoms with Crippen molar-refractivity contribution < 1.29 is 8.83 Å². The van der Waals surface area contributed by atoms with Gasteiger partial charge in [-0.1, -0.05) is 51.1 Å². The minimum atomic E-state index is -1.70. The summed E-state index contributed by atoms with van der Waals surface area (Å²) in [6, 6.07) is 7.48. The summed E-state index contributed by atoms with van der Waals surface area (Å²) in [4.78, 5) is 18.0. The first-order valence-electron chi connectivity index (χ1n) is 11.7. The molecule has 4 aromatic heterocycles. The Kier molecular flexibility index (Phi) is 5.87. The highest BCUT2D eigenvalue weighted by Gasteiger charge is 2.25. The molecule has 0 fully saturated rings. The number of rotatable bonds is 2. The predicted molar refractivity (Wildman–Crippen MR) is 148 cm³/mol. The third-order valence-electron chi connectivity index (χ3n) is 5.16. The van der Waals surface area contributed by atoms with E-state index in [9.17, 15) is 0 Å². The molecule has 0 spiro atoms. The molecule has 5 rings (SSSR count). The van der Waals surface area contributed by atoms with Crippen LogP contribution in [0.15, 0.2) is 57.9 Å². The number of hydrogen-bond donors (Lipinski definition) is 0. The summed E-state index contributed by atoms with van der Waals surface area (Å²) in [5.74, 6) is 7.76. The maximum absolute atomic E-state index is 6.37. The summed E-state index contributed by atoms with van der Waals surface area (Å²) >= 11 is 0. The molecule has 6 nitrogen and oxygen atoms in total. The van der Waals surface area contributed by atoms with E-state index in [1.54, 1.807) is 24.8 Å². The van der Waals surface area contributed by atoms with Gasteiger partial charge in [-0.05, 0) is 24.3 Å². The smallest absolute Gasteiger partial charge is 0.227 e. The lowest BCUT2D eigenvalue weighted by Gasteiger charge is -2.05. The molecule has 0 unspecified atom stereocenters. The van der Waals surface area contributed by atoms with Crippen LogP contribution in [-0.2, 0) is 0 Å². The van der Waals surface area contributed by atoms with Gasteiger partial charge in [-0.2, -0.15) is 0 Å². The number of nitrogens with zero attached hydrogens (tertiary/aromatic N) is 4. The monoisotopic (exact) mass is 506 g/mol. The maximum Gasteiger partial charge on any atom is 0.227 e. The Balaban J connectivity index is 1.90. The molecule has 5 aromatic rings. The molecule has 36 heavy (non-hydrogen) atoms. The minimum Gasteiger partial charge on any atom is -0.435 e. The van der Waals surface area contributed by atoms with Gasteiger partial charge in [0.2, 0.25) is 11.8 Å². The molecular weight excluding hydrogens is 481 g/mol. The molecule has 0 saturated heterocycles. The van der Waals surface area contributed by atoms with Gasteiger partial charge in [-0.25, -0.2) is 9.97 Å². The van der Waals surface area contributed by atoms with Crippen molar-refractivity contribution in [2.45, 2.75) is 39.3 Å². The Morgan fingerprint density at radius 3 is 1.28 bits per heavy atom. The molecule has 4 heterocycles. The number of benzene rings is 1. The van der Waals surface area contributed by atoms with E-state index in [2.05, 4.69) is 72.2 Å². The summed E-state index contributed by atoms with van der Waals surface area (Å²) in [7, 11) is -3.41. The fourth-order valence-electron chi connectivity index (χ4n) is 3.50. The normalized spacial score (nSPS) is 11.7. The highest BCUT2D eigenvalue weighted by atomic mass is 28.3. The van der Waals surface area contributed by atoms with Crippen LogP contribution in [0, 0.1) is 22.9 Å². The van der Waals surface area contributed by atoms with Gasteiger partial charge in [0.05, 0.1) is 11.1 Å². The van der Waals surface area contributed by atoms with Crippen LogP contribution in [-0.4, -0.2) is 36.1 Å². The molecule has 0 aliphatic rings. The van der Waals surface area contributed by atoms with E-state index in [0.717, 1.165) is 11.1 Å². The number of aromatic nitrogens is 4. The average molecular weight is 507 g/mol. The van der Waals surface area contributed by atoms with E-state index < -0.39 is 16.1 Å². The summed E-state index contributed by atoms with van der Waals surface area (Å²) in [5.41, 5.74) is 12.4. The van der Waals surface area contributed by atoms with E-state index in [1.807, 2.05) is 24.3 Å². The molecular formula is C28H26N4O2Si2. The lowest BCUT2D eigenvalue weighted by atomic mass is 10.1. The number of hydrogen-bond acceptors (Lipinski definition) is 6. The quantitative estimate of drug-likeness (QED) is 0.200. The molecule has 0 amide bonds. The van der Waals surface area contributed by atoms with Gasteiger partial charge >= 0.3 is 0 Å². The highest BCUT2D eigenvalue weighted by Crippen LogP contribution is 2.37. The van der Waals surface area contributed by atoms with Crippen molar-refractivity contribution in [3.8, 4) is 45.8 Å². The fourth-order valence-corrected chi connectivity index (χ4v) is 4.50. The molecule has 0 atom stereocenters. The second-order valence-corrected chi connectivity index (χ2v) is 20.1. The lowest BCUT2D eigenvalue weighted by molar-refractivity contribution is 0.616. The van der Waals surface area contributed by atoms with Crippen LogP contribution in [0.25, 0.3) is 45.1 Å². The Labute approximate surface area is 212 Å². The van der Waals surface area contributed by atoms with Crippen LogP contribution >= 0.6 is 0 Å². The van der Waals surface area contributed by atoms with Crippen LogP contribution in [0.5, 0.6) is 0 Å². The third kappa shape index (κ3) is 4.87. The lowest BCUT2D eigenvalue weighted by Crippen LogP contribution is -2.16. The fraction of sp³-hybridized carbons (Fsp3) is 0.214.